The van der Waals surface area contributed by atoms with Crippen LogP contribution in [0.3, 0.4) is 0 Å². The average Bonchev–Trinajstić information content (AvgIpc) is 2.84. The molecule has 0 aromatic heterocycles. The van der Waals surface area contributed by atoms with Gasteiger partial charge in [0.1, 0.15) is 11.2 Å². The summed E-state index contributed by atoms with van der Waals surface area (Å²) in [6, 6.07) is 5.93. The number of nitrogens with zero attached hydrogens (tertiary/aromatic N) is 1. The first kappa shape index (κ1) is 24.2. The highest BCUT2D eigenvalue weighted by molar-refractivity contribution is 6.21. The van der Waals surface area contributed by atoms with Gasteiger partial charge in [0.2, 0.25) is 0 Å². The van der Waals surface area contributed by atoms with Crippen LogP contribution >= 0.6 is 0 Å². The molecular formula is C22H31N3O6. The summed E-state index contributed by atoms with van der Waals surface area (Å²) in [5.41, 5.74) is -0.692. The van der Waals surface area contributed by atoms with Gasteiger partial charge in [-0.25, -0.2) is 9.59 Å². The van der Waals surface area contributed by atoms with Crippen molar-refractivity contribution < 1.29 is 28.7 Å². The van der Waals surface area contributed by atoms with Gasteiger partial charge in [-0.1, -0.05) is 12.1 Å². The molecule has 0 saturated carbocycles. The van der Waals surface area contributed by atoms with Gasteiger partial charge < -0.3 is 20.1 Å². The second kappa shape index (κ2) is 9.36. The standard InChI is InChI=1S/C22H31N3O6/c1-21(2,3)30-19(28)23-12-11-14(24-20(29)31-22(4,5)6)13-25-17(26)15-9-7-8-10-16(15)18(25)27/h7-10,14H,11-13H2,1-6H3,(H,23,28)(H,24,29)/t14-/m1/s1. The number of carbonyl (C=O) groups excluding carboxylic acids is 4. The van der Waals surface area contributed by atoms with Crippen LogP contribution in [-0.4, -0.2) is 59.2 Å². The molecule has 0 spiro atoms. The number of hydrogen-bond donors (Lipinski definition) is 2. The van der Waals surface area contributed by atoms with E-state index in [4.69, 9.17) is 9.47 Å². The first-order valence-corrected chi connectivity index (χ1v) is 10.2. The van der Waals surface area contributed by atoms with Crippen molar-refractivity contribution in [3.63, 3.8) is 0 Å². The number of amides is 4. The highest BCUT2D eigenvalue weighted by Crippen LogP contribution is 2.23. The van der Waals surface area contributed by atoms with E-state index < -0.39 is 41.2 Å². The first-order chi connectivity index (χ1) is 14.3. The van der Waals surface area contributed by atoms with Crippen molar-refractivity contribution in [3.05, 3.63) is 35.4 Å². The molecule has 0 bridgehead atoms. The van der Waals surface area contributed by atoms with Gasteiger partial charge in [-0.15, -0.1) is 0 Å². The second-order valence-corrected chi connectivity index (χ2v) is 9.33. The Morgan fingerprint density at radius 3 is 1.87 bits per heavy atom. The largest absolute Gasteiger partial charge is 0.444 e. The lowest BCUT2D eigenvalue weighted by Crippen LogP contribution is -2.48. The summed E-state index contributed by atoms with van der Waals surface area (Å²) in [6.07, 6.45) is -1.01. The van der Waals surface area contributed by atoms with Gasteiger partial charge in [-0.3, -0.25) is 14.5 Å². The minimum absolute atomic E-state index is 0.0540. The molecule has 0 fully saturated rings. The number of imide groups is 1. The molecule has 1 heterocycles. The Bertz CT molecular complexity index is 819. The Labute approximate surface area is 182 Å². The number of hydrogen-bond acceptors (Lipinski definition) is 6. The summed E-state index contributed by atoms with van der Waals surface area (Å²) in [6.45, 7) is 10.6. The van der Waals surface area contributed by atoms with Crippen LogP contribution in [0.5, 0.6) is 0 Å². The first-order valence-electron chi connectivity index (χ1n) is 10.2. The molecule has 9 nitrogen and oxygen atoms in total. The summed E-state index contributed by atoms with van der Waals surface area (Å²) in [7, 11) is 0. The summed E-state index contributed by atoms with van der Waals surface area (Å²) in [4.78, 5) is 50.6. The molecule has 9 heteroatoms. The number of alkyl carbamates (subject to hydrolysis) is 2. The van der Waals surface area contributed by atoms with E-state index in [0.717, 1.165) is 4.90 Å². The number of rotatable bonds is 6. The van der Waals surface area contributed by atoms with E-state index in [-0.39, 0.29) is 19.5 Å². The number of nitrogens with one attached hydrogen (secondary N) is 2. The number of ether oxygens (including phenoxy) is 2. The summed E-state index contributed by atoms with van der Waals surface area (Å²) >= 11 is 0. The maximum absolute atomic E-state index is 12.7. The molecular weight excluding hydrogens is 402 g/mol. The van der Waals surface area contributed by atoms with E-state index in [2.05, 4.69) is 10.6 Å². The molecule has 1 atom stereocenters. The molecule has 0 saturated heterocycles. The van der Waals surface area contributed by atoms with E-state index in [1.54, 1.807) is 65.8 Å². The summed E-state index contributed by atoms with van der Waals surface area (Å²) in [5.74, 6) is -0.839. The minimum Gasteiger partial charge on any atom is -0.444 e. The van der Waals surface area contributed by atoms with Crippen molar-refractivity contribution in [1.82, 2.24) is 15.5 Å². The van der Waals surface area contributed by atoms with Crippen molar-refractivity contribution in [3.8, 4) is 0 Å². The maximum Gasteiger partial charge on any atom is 0.407 e. The van der Waals surface area contributed by atoms with Crippen LogP contribution in [0.1, 0.15) is 68.7 Å². The quantitative estimate of drug-likeness (QED) is 0.667. The summed E-state index contributed by atoms with van der Waals surface area (Å²) < 4.78 is 10.5. The zero-order valence-electron chi connectivity index (χ0n) is 18.9. The average molecular weight is 434 g/mol. The Hall–Kier alpha value is -3.10. The van der Waals surface area contributed by atoms with Crippen LogP contribution in [0.2, 0.25) is 0 Å². The smallest absolute Gasteiger partial charge is 0.407 e. The van der Waals surface area contributed by atoms with Gasteiger partial charge in [0.15, 0.2) is 0 Å². The molecule has 31 heavy (non-hydrogen) atoms. The highest BCUT2D eigenvalue weighted by atomic mass is 16.6. The minimum atomic E-state index is -0.709. The number of carbonyl (C=O) groups is 4. The lowest BCUT2D eigenvalue weighted by atomic mass is 10.1. The Morgan fingerprint density at radius 2 is 1.39 bits per heavy atom. The van der Waals surface area contributed by atoms with Gasteiger partial charge >= 0.3 is 12.2 Å². The molecule has 1 aliphatic rings. The van der Waals surface area contributed by atoms with Gasteiger partial charge in [-0.05, 0) is 60.1 Å². The second-order valence-electron chi connectivity index (χ2n) is 9.33. The van der Waals surface area contributed by atoms with Crippen LogP contribution < -0.4 is 10.6 Å². The van der Waals surface area contributed by atoms with Crippen LogP contribution in [0, 0.1) is 0 Å². The van der Waals surface area contributed by atoms with Crippen molar-refractivity contribution in [2.75, 3.05) is 13.1 Å². The van der Waals surface area contributed by atoms with Crippen molar-refractivity contribution in [1.29, 1.82) is 0 Å². The lowest BCUT2D eigenvalue weighted by Gasteiger charge is -2.26. The molecule has 0 aliphatic carbocycles. The van der Waals surface area contributed by atoms with Crippen LogP contribution in [0.25, 0.3) is 0 Å². The predicted octanol–water partition coefficient (Wildman–Crippen LogP) is 3.09. The van der Waals surface area contributed by atoms with Gasteiger partial charge in [-0.2, -0.15) is 0 Å². The van der Waals surface area contributed by atoms with Crippen LogP contribution in [-0.2, 0) is 9.47 Å². The third-order valence-electron chi connectivity index (χ3n) is 4.16. The fourth-order valence-corrected chi connectivity index (χ4v) is 2.97. The zero-order valence-corrected chi connectivity index (χ0v) is 18.9. The third kappa shape index (κ3) is 7.27. The molecule has 0 unspecified atom stereocenters. The van der Waals surface area contributed by atoms with E-state index in [0.29, 0.717) is 11.1 Å². The van der Waals surface area contributed by atoms with Crippen LogP contribution in [0.4, 0.5) is 9.59 Å². The third-order valence-corrected chi connectivity index (χ3v) is 4.16. The van der Waals surface area contributed by atoms with Gasteiger partial charge in [0.25, 0.3) is 11.8 Å². The molecule has 2 rings (SSSR count). The monoisotopic (exact) mass is 433 g/mol. The lowest BCUT2D eigenvalue weighted by molar-refractivity contribution is 0.0459. The summed E-state index contributed by atoms with van der Waals surface area (Å²) in [5, 5.41) is 5.30. The fourth-order valence-electron chi connectivity index (χ4n) is 2.97. The molecule has 1 aromatic rings. The number of benzene rings is 1. The molecule has 170 valence electrons. The highest BCUT2D eigenvalue weighted by Gasteiger charge is 2.36. The van der Waals surface area contributed by atoms with E-state index >= 15 is 0 Å². The number of fused-ring (bicyclic) bond motifs is 1. The Morgan fingerprint density at radius 1 is 0.903 bits per heavy atom. The maximum atomic E-state index is 12.7. The molecule has 1 aromatic carbocycles. The van der Waals surface area contributed by atoms with Crippen molar-refractivity contribution >= 4 is 24.0 Å². The Kier molecular flexibility index (Phi) is 7.30. The van der Waals surface area contributed by atoms with Crippen LogP contribution in [0.15, 0.2) is 24.3 Å². The van der Waals surface area contributed by atoms with E-state index in [9.17, 15) is 19.2 Å². The fraction of sp³-hybridized carbons (Fsp3) is 0.545. The van der Waals surface area contributed by atoms with Crippen molar-refractivity contribution in [2.24, 2.45) is 0 Å². The normalized spacial score (nSPS) is 14.7. The molecule has 2 N–H and O–H groups in total. The molecule has 0 radical (unpaired) electrons. The zero-order chi connectivity index (χ0) is 23.4. The van der Waals surface area contributed by atoms with E-state index in [1.807, 2.05) is 0 Å². The molecule has 1 aliphatic heterocycles. The van der Waals surface area contributed by atoms with Crippen molar-refractivity contribution in [2.45, 2.75) is 65.2 Å². The predicted molar refractivity (Wildman–Crippen MR) is 114 cm³/mol. The SMILES string of the molecule is CC(C)(C)OC(=O)NCC[C@H](CN1C(=O)c2ccccc2C1=O)NC(=O)OC(C)(C)C. The van der Waals surface area contributed by atoms with E-state index in [1.165, 1.54) is 0 Å². The van der Waals surface area contributed by atoms with Gasteiger partial charge in [0, 0.05) is 13.1 Å². The Balaban J connectivity index is 2.05. The van der Waals surface area contributed by atoms with Gasteiger partial charge in [0.05, 0.1) is 17.2 Å². The molecule has 4 amide bonds. The topological polar surface area (TPSA) is 114 Å².